The second-order valence-electron chi connectivity index (χ2n) is 23.1. The van der Waals surface area contributed by atoms with E-state index in [-0.39, 0.29) is 40.6 Å². The zero-order valence-corrected chi connectivity index (χ0v) is 41.5. The van der Waals surface area contributed by atoms with Crippen LogP contribution in [0.5, 0.6) is 0 Å². The standard InChI is InChI=1S/C50H78O23/c1-20-7-12-50(64-19-20)21(2)31-26(73-50)14-49(63)25-6-5-22-13-23(8-10-47(22,3)24(25)9-11-48(31,49)4)65-43-39(62)36(59)40(30(18-54)69-43)70-46-42(72-45-38(61)35(58)32(55)27(15-51)66-45)41(34(57)29(17-53)68-46)71-44-37(60)33(56)28(16-52)67-44/h5,21,23-46,51-63H,1,6-19H2,2-4H3/t21-,23-,24-,25+,26-,27+,28+,29+,30+,31-,32+,33-,34+,35-,36+,37+,38+,39+,40-,41-,42+,43+,44-,45-,46-,47-,48+,49+,50+/m0/s1. The summed E-state index contributed by atoms with van der Waals surface area (Å²) in [5, 5.41) is 142. The Hall–Kier alpha value is -1.44. The van der Waals surface area contributed by atoms with Crippen molar-refractivity contribution in [2.45, 2.75) is 219 Å². The van der Waals surface area contributed by atoms with Crippen molar-refractivity contribution in [3.05, 3.63) is 23.8 Å². The molecule has 3 saturated carbocycles. The zero-order valence-electron chi connectivity index (χ0n) is 41.5. The van der Waals surface area contributed by atoms with Crippen LogP contribution in [0.4, 0.5) is 0 Å². The second kappa shape index (κ2) is 20.7. The van der Waals surface area contributed by atoms with Gasteiger partial charge in [0.15, 0.2) is 30.9 Å². The van der Waals surface area contributed by atoms with Gasteiger partial charge in [0.2, 0.25) is 0 Å². The lowest BCUT2D eigenvalue weighted by molar-refractivity contribution is -0.399. The first-order valence-electron chi connectivity index (χ1n) is 26.2. The van der Waals surface area contributed by atoms with Crippen LogP contribution in [0.15, 0.2) is 23.8 Å². The summed E-state index contributed by atoms with van der Waals surface area (Å²) in [7, 11) is 0. The van der Waals surface area contributed by atoms with Crippen LogP contribution in [0.3, 0.4) is 0 Å². The van der Waals surface area contributed by atoms with Gasteiger partial charge in [-0.2, -0.15) is 0 Å². The average molecular weight is 1050 g/mol. The molecule has 0 aromatic heterocycles. The van der Waals surface area contributed by atoms with Crippen LogP contribution >= 0.6 is 0 Å². The van der Waals surface area contributed by atoms with E-state index >= 15 is 0 Å². The number of hydrogen-bond acceptors (Lipinski definition) is 23. The molecule has 0 amide bonds. The molecule has 23 nitrogen and oxygen atoms in total. The van der Waals surface area contributed by atoms with E-state index in [0.29, 0.717) is 32.3 Å². The number of ether oxygens (including phenoxy) is 10. The van der Waals surface area contributed by atoms with Crippen LogP contribution in [-0.4, -0.2) is 240 Å². The fraction of sp³-hybridized carbons (Fsp3) is 0.920. The van der Waals surface area contributed by atoms with Crippen LogP contribution < -0.4 is 0 Å². The van der Waals surface area contributed by atoms with Gasteiger partial charge in [0, 0.05) is 30.1 Å². The number of allylic oxidation sites excluding steroid dienone is 1. The minimum absolute atomic E-state index is 0.0185. The minimum Gasteiger partial charge on any atom is -0.394 e. The van der Waals surface area contributed by atoms with Crippen LogP contribution in [0.25, 0.3) is 0 Å². The Bertz CT molecular complexity index is 1980. The third-order valence-corrected chi connectivity index (χ3v) is 19.4. The fourth-order valence-corrected chi connectivity index (χ4v) is 15.2. The molecule has 9 fully saturated rings. The number of aliphatic hydroxyl groups excluding tert-OH is 12. The van der Waals surface area contributed by atoms with Crippen molar-refractivity contribution < 1.29 is 114 Å². The number of rotatable bonds is 12. The Kier molecular flexibility index (Phi) is 15.5. The third-order valence-electron chi connectivity index (χ3n) is 19.4. The molecule has 1 spiro atoms. The van der Waals surface area contributed by atoms with E-state index < -0.39 is 161 Å². The third kappa shape index (κ3) is 8.94. The van der Waals surface area contributed by atoms with Gasteiger partial charge in [-0.15, -0.1) is 0 Å². The summed E-state index contributed by atoms with van der Waals surface area (Å²) in [6.07, 6.45) is -24.9. The molecule has 0 radical (unpaired) electrons. The molecule has 73 heavy (non-hydrogen) atoms. The van der Waals surface area contributed by atoms with Gasteiger partial charge >= 0.3 is 0 Å². The molecule has 29 atom stereocenters. The molecule has 10 aliphatic rings. The smallest absolute Gasteiger partial charge is 0.187 e. The van der Waals surface area contributed by atoms with Gasteiger partial charge in [0.25, 0.3) is 0 Å². The van der Waals surface area contributed by atoms with E-state index in [1.807, 2.05) is 0 Å². The fourth-order valence-electron chi connectivity index (χ4n) is 15.2. The van der Waals surface area contributed by atoms with Crippen LogP contribution in [0, 0.1) is 34.5 Å². The van der Waals surface area contributed by atoms with E-state index in [9.17, 15) is 66.4 Å². The van der Waals surface area contributed by atoms with Crippen molar-refractivity contribution in [1.29, 1.82) is 0 Å². The largest absolute Gasteiger partial charge is 0.394 e. The molecular formula is C50H78O23. The highest BCUT2D eigenvalue weighted by molar-refractivity contribution is 5.30. The van der Waals surface area contributed by atoms with Gasteiger partial charge in [0.1, 0.15) is 91.6 Å². The van der Waals surface area contributed by atoms with Crippen LogP contribution in [-0.2, 0) is 47.4 Å². The van der Waals surface area contributed by atoms with Crippen molar-refractivity contribution in [2.24, 2.45) is 34.5 Å². The molecule has 6 heterocycles. The van der Waals surface area contributed by atoms with Gasteiger partial charge in [-0.25, -0.2) is 0 Å². The Morgan fingerprint density at radius 2 is 1.18 bits per heavy atom. The summed E-state index contributed by atoms with van der Waals surface area (Å²) in [5.74, 6) is -0.164. The van der Waals surface area contributed by atoms with Crippen molar-refractivity contribution in [2.75, 3.05) is 33.0 Å². The first-order valence-corrected chi connectivity index (χ1v) is 26.2. The quantitative estimate of drug-likeness (QED) is 0.0851. The van der Waals surface area contributed by atoms with E-state index in [1.165, 1.54) is 5.57 Å². The molecule has 6 aliphatic heterocycles. The van der Waals surface area contributed by atoms with Crippen LogP contribution in [0.2, 0.25) is 0 Å². The maximum absolute atomic E-state index is 13.0. The Labute approximate surface area is 423 Å². The first kappa shape index (κ1) is 54.9. The summed E-state index contributed by atoms with van der Waals surface area (Å²) < 4.78 is 61.0. The molecule has 0 unspecified atom stereocenters. The number of hydrogen-bond donors (Lipinski definition) is 13. The lowest BCUT2D eigenvalue weighted by Crippen LogP contribution is -2.68. The Balaban J connectivity index is 0.834. The highest BCUT2D eigenvalue weighted by Gasteiger charge is 2.74. The predicted octanol–water partition coefficient (Wildman–Crippen LogP) is -3.32. The van der Waals surface area contributed by atoms with Crippen molar-refractivity contribution in [3.8, 4) is 0 Å². The molecule has 23 heteroatoms. The predicted molar refractivity (Wildman–Crippen MR) is 244 cm³/mol. The first-order chi connectivity index (χ1) is 34.7. The monoisotopic (exact) mass is 1050 g/mol. The molecule has 4 aliphatic carbocycles. The van der Waals surface area contributed by atoms with E-state index in [4.69, 9.17) is 47.4 Å². The van der Waals surface area contributed by atoms with Gasteiger partial charge in [-0.05, 0) is 62.2 Å². The summed E-state index contributed by atoms with van der Waals surface area (Å²) in [6, 6.07) is 0. The summed E-state index contributed by atoms with van der Waals surface area (Å²) in [4.78, 5) is 0. The maximum atomic E-state index is 13.0. The van der Waals surface area contributed by atoms with E-state index in [2.05, 4.69) is 33.4 Å². The molecule has 6 saturated heterocycles. The van der Waals surface area contributed by atoms with Gasteiger partial charge < -0.3 is 114 Å². The highest BCUT2D eigenvalue weighted by Crippen LogP contribution is 2.72. The summed E-state index contributed by atoms with van der Waals surface area (Å²) in [6.45, 7) is 8.10. The normalized spacial score (nSPS) is 56.0. The Morgan fingerprint density at radius 3 is 1.82 bits per heavy atom. The van der Waals surface area contributed by atoms with Crippen molar-refractivity contribution >= 4 is 0 Å². The summed E-state index contributed by atoms with van der Waals surface area (Å²) in [5.41, 5.74) is 0.726. The average Bonchev–Trinajstić information content (AvgIpc) is 3.90. The lowest BCUT2D eigenvalue weighted by atomic mass is 9.45. The van der Waals surface area contributed by atoms with Gasteiger partial charge in [-0.1, -0.05) is 44.6 Å². The van der Waals surface area contributed by atoms with E-state index in [0.717, 1.165) is 37.7 Å². The topological polar surface area (TPSA) is 355 Å². The highest BCUT2D eigenvalue weighted by atomic mass is 16.8. The van der Waals surface area contributed by atoms with Gasteiger partial charge in [0.05, 0.1) is 50.8 Å². The molecule has 0 aromatic rings. The van der Waals surface area contributed by atoms with Crippen molar-refractivity contribution in [3.63, 3.8) is 0 Å². The maximum Gasteiger partial charge on any atom is 0.187 e. The molecule has 0 aromatic carbocycles. The Morgan fingerprint density at radius 1 is 0.616 bits per heavy atom. The van der Waals surface area contributed by atoms with Crippen LogP contribution in [0.1, 0.15) is 78.6 Å². The zero-order chi connectivity index (χ0) is 52.3. The SMILES string of the molecule is C=C1CC[C@@]2(OC1)O[C@H]1C[C@@]3(O)[C@@H]4CC=C5C[C@@H](O[C@@H]6O[C@H](CO)[C@H](O[C@@H]7O[C@H](CO)[C@@H](O)[C@H](O[C@@H]8O[C@H](CO)[C@H](O)[C@H]8O)[C@H]7O[C@@H]7O[C@H](CO)[C@@H](O)[C@H](O)[C@H]7O)[C@H](O)[C@H]6O)CC[C@]5(C)[C@H]4CC[C@]3(C)[C@H]1[C@@H]2C. The van der Waals surface area contributed by atoms with Crippen molar-refractivity contribution in [1.82, 2.24) is 0 Å². The molecular weight excluding hydrogens is 969 g/mol. The molecule has 0 bridgehead atoms. The number of aliphatic hydroxyl groups is 13. The molecule has 13 N–H and O–H groups in total. The lowest BCUT2D eigenvalue weighted by Gasteiger charge is -2.62. The molecule has 10 rings (SSSR count). The second-order valence-corrected chi connectivity index (χ2v) is 23.1. The van der Waals surface area contributed by atoms with Gasteiger partial charge in [-0.3, -0.25) is 0 Å². The summed E-state index contributed by atoms with van der Waals surface area (Å²) >= 11 is 0. The number of fused-ring (bicyclic) bond motifs is 7. The van der Waals surface area contributed by atoms with E-state index in [1.54, 1.807) is 0 Å². The molecule has 416 valence electrons. The minimum atomic E-state index is -2.01.